The molecule has 0 amide bonds. The van der Waals surface area contributed by atoms with Crippen LogP contribution in [0.3, 0.4) is 0 Å². The van der Waals surface area contributed by atoms with Crippen molar-refractivity contribution in [3.05, 3.63) is 0 Å². The van der Waals surface area contributed by atoms with Crippen LogP contribution in [0.4, 0.5) is 0 Å². The highest BCUT2D eigenvalue weighted by Crippen LogP contribution is 2.55. The third kappa shape index (κ3) is 6.97. The van der Waals surface area contributed by atoms with E-state index in [0.29, 0.717) is 19.3 Å². The van der Waals surface area contributed by atoms with Crippen LogP contribution in [0, 0.1) is 35.5 Å². The van der Waals surface area contributed by atoms with E-state index >= 15 is 0 Å². The molecule has 5 aliphatic rings. The van der Waals surface area contributed by atoms with E-state index < -0.39 is 59.6 Å². The van der Waals surface area contributed by atoms with E-state index in [1.807, 2.05) is 20.8 Å². The van der Waals surface area contributed by atoms with Crippen molar-refractivity contribution in [2.45, 2.75) is 172 Å². The second kappa shape index (κ2) is 14.6. The Kier molecular flexibility index (Phi) is 12.1. The molecule has 5 aliphatic heterocycles. The molecule has 0 aliphatic carbocycles. The van der Waals surface area contributed by atoms with Crippen molar-refractivity contribution in [1.82, 2.24) is 0 Å². The fraction of sp³-hybridized carbons (Fsp3) is 0.972. The number of aliphatic carboxylic acids is 1. The lowest BCUT2D eigenvalue weighted by Crippen LogP contribution is -2.57. The molecule has 12 heteroatoms. The van der Waals surface area contributed by atoms with Gasteiger partial charge in [-0.15, -0.1) is 0 Å². The van der Waals surface area contributed by atoms with Crippen LogP contribution < -0.4 is 0 Å². The summed E-state index contributed by atoms with van der Waals surface area (Å²) in [6, 6.07) is 0. The molecule has 12 nitrogen and oxygen atoms in total. The third-order valence-corrected chi connectivity index (χ3v) is 13.0. The lowest BCUT2D eigenvalue weighted by atomic mass is 9.78. The van der Waals surface area contributed by atoms with Crippen molar-refractivity contribution in [2.75, 3.05) is 13.7 Å². The van der Waals surface area contributed by atoms with E-state index in [1.54, 1.807) is 6.92 Å². The maximum atomic E-state index is 11.8. The Morgan fingerprint density at radius 1 is 1.02 bits per heavy atom. The zero-order valence-electron chi connectivity index (χ0n) is 30.5. The van der Waals surface area contributed by atoms with Gasteiger partial charge in [-0.05, 0) is 64.2 Å². The van der Waals surface area contributed by atoms with Gasteiger partial charge in [0.25, 0.3) is 0 Å². The minimum atomic E-state index is -1.56. The molecule has 5 rings (SSSR count). The maximum Gasteiger partial charge on any atom is 0.308 e. The number of carboxylic acids is 1. The first kappa shape index (κ1) is 39.8. The van der Waals surface area contributed by atoms with Gasteiger partial charge >= 0.3 is 5.97 Å². The smallest absolute Gasteiger partial charge is 0.308 e. The molecule has 0 aromatic heterocycles. The van der Waals surface area contributed by atoms with E-state index in [1.165, 1.54) is 7.11 Å². The van der Waals surface area contributed by atoms with Gasteiger partial charge in [-0.25, -0.2) is 0 Å². The van der Waals surface area contributed by atoms with Crippen molar-refractivity contribution in [3.63, 3.8) is 0 Å². The molecule has 0 aromatic rings. The van der Waals surface area contributed by atoms with E-state index in [-0.39, 0.29) is 59.5 Å². The van der Waals surface area contributed by atoms with Crippen molar-refractivity contribution in [3.8, 4) is 0 Å². The van der Waals surface area contributed by atoms with E-state index in [4.69, 9.17) is 28.4 Å². The summed E-state index contributed by atoms with van der Waals surface area (Å²) in [5.41, 5.74) is -1.15. The Labute approximate surface area is 286 Å². The van der Waals surface area contributed by atoms with Crippen molar-refractivity contribution in [1.29, 1.82) is 0 Å². The predicted octanol–water partition coefficient (Wildman–Crippen LogP) is 3.45. The second-order valence-corrected chi connectivity index (χ2v) is 16.3. The molecule has 0 bridgehead atoms. The van der Waals surface area contributed by atoms with Crippen LogP contribution in [-0.4, -0.2) is 111 Å². The molecular formula is C36H64O12. The standard InChI is InChI=1S/C36H62O11.H2O/c1-10-34(31-20(3)16-26(43-31)28-19(2)15-21(4)36(41,18-37)46-28)12-11-27(44-34)33(8)13-14-35(47-33)17-25(38)22(5)30(45-35)23(6)29(42-9)24(7)32(39)40;/h19-31,37-38,41H,10-18H2,1-9H3,(H,39,40);1H2/t19-,20-,21+,22+,23+,24-,25-,26+,27+,28-,29+,30-,31+,33-,34-,35+,36-;/m0./s1. The molecule has 17 atom stereocenters. The molecule has 48 heavy (non-hydrogen) atoms. The summed E-state index contributed by atoms with van der Waals surface area (Å²) < 4.78 is 39.4. The lowest BCUT2D eigenvalue weighted by Gasteiger charge is -2.49. The molecule has 5 saturated heterocycles. The second-order valence-electron chi connectivity index (χ2n) is 16.3. The zero-order valence-corrected chi connectivity index (χ0v) is 30.5. The summed E-state index contributed by atoms with van der Waals surface area (Å²) in [5.74, 6) is -4.52. The normalized spacial score (nSPS) is 49.8. The van der Waals surface area contributed by atoms with Crippen LogP contribution in [0.5, 0.6) is 0 Å². The number of hydrogen-bond acceptors (Lipinski definition) is 10. The van der Waals surface area contributed by atoms with Gasteiger partial charge in [-0.3, -0.25) is 4.79 Å². The molecule has 5 heterocycles. The van der Waals surface area contributed by atoms with Crippen LogP contribution in [0.2, 0.25) is 0 Å². The van der Waals surface area contributed by atoms with Crippen LogP contribution in [0.15, 0.2) is 0 Å². The number of aliphatic hydroxyl groups excluding tert-OH is 2. The van der Waals surface area contributed by atoms with Gasteiger partial charge in [-0.2, -0.15) is 0 Å². The molecule has 6 N–H and O–H groups in total. The van der Waals surface area contributed by atoms with Gasteiger partial charge in [0.05, 0.1) is 66.5 Å². The summed E-state index contributed by atoms with van der Waals surface area (Å²) in [7, 11) is 1.52. The molecule has 1 spiro atoms. The topological polar surface area (TPSA) is 185 Å². The highest BCUT2D eigenvalue weighted by atomic mass is 16.7. The SMILES string of the molecule is CC[C@@]1([C@@H]2O[C@@H]([C@H]3O[C@@](O)(CO)[C@H](C)C[C@@H]3C)C[C@@H]2C)CC[C@H]([C@]2(C)CC[C@]3(C[C@H](O)[C@@H](C)[C@@H]([C@H](C)[C@@H](OC)[C@H](C)C(=O)O)O3)O2)O1.O. The van der Waals surface area contributed by atoms with E-state index in [2.05, 4.69) is 27.7 Å². The number of carbonyl (C=O) groups is 1. The number of rotatable bonds is 10. The lowest BCUT2D eigenvalue weighted by molar-refractivity contribution is -0.336. The van der Waals surface area contributed by atoms with Crippen LogP contribution >= 0.6 is 0 Å². The van der Waals surface area contributed by atoms with Gasteiger partial charge in [0, 0.05) is 37.7 Å². The fourth-order valence-corrected chi connectivity index (χ4v) is 9.91. The van der Waals surface area contributed by atoms with Crippen LogP contribution in [-0.2, 0) is 33.2 Å². The van der Waals surface area contributed by atoms with Crippen LogP contribution in [0.25, 0.3) is 0 Å². The van der Waals surface area contributed by atoms with Gasteiger partial charge in [-0.1, -0.05) is 41.5 Å². The molecule has 5 fully saturated rings. The molecular weight excluding hydrogens is 624 g/mol. The van der Waals surface area contributed by atoms with Gasteiger partial charge in [0.1, 0.15) is 0 Å². The number of methoxy groups -OCH3 is 1. The maximum absolute atomic E-state index is 11.8. The minimum absolute atomic E-state index is 0. The first-order chi connectivity index (χ1) is 22.0. The molecule has 0 aromatic carbocycles. The van der Waals surface area contributed by atoms with Gasteiger partial charge in [0.15, 0.2) is 11.6 Å². The minimum Gasteiger partial charge on any atom is -0.481 e. The fourth-order valence-electron chi connectivity index (χ4n) is 9.91. The van der Waals surface area contributed by atoms with Gasteiger partial charge < -0.3 is 54.3 Å². The summed E-state index contributed by atoms with van der Waals surface area (Å²) in [6.45, 7) is 15.6. The monoisotopic (exact) mass is 688 g/mol. The Balaban J connectivity index is 0.00000520. The van der Waals surface area contributed by atoms with Gasteiger partial charge in [0.2, 0.25) is 0 Å². The van der Waals surface area contributed by atoms with Crippen LogP contribution in [0.1, 0.15) is 107 Å². The Hall–Kier alpha value is -0.930. The first-order valence-corrected chi connectivity index (χ1v) is 18.1. The summed E-state index contributed by atoms with van der Waals surface area (Å²) in [5, 5.41) is 41.8. The van der Waals surface area contributed by atoms with E-state index in [9.17, 15) is 25.2 Å². The third-order valence-electron chi connectivity index (χ3n) is 13.0. The number of carboxylic acid groups (broad SMARTS) is 1. The molecule has 280 valence electrons. The highest BCUT2D eigenvalue weighted by Gasteiger charge is 2.62. The molecule has 0 radical (unpaired) electrons. The Morgan fingerprint density at radius 3 is 2.31 bits per heavy atom. The number of aliphatic hydroxyl groups is 3. The summed E-state index contributed by atoms with van der Waals surface area (Å²) in [4.78, 5) is 11.8. The number of hydrogen-bond donors (Lipinski definition) is 4. The molecule has 0 unspecified atom stereocenters. The number of ether oxygens (including phenoxy) is 6. The predicted molar refractivity (Wildman–Crippen MR) is 176 cm³/mol. The summed E-state index contributed by atoms with van der Waals surface area (Å²) in [6.07, 6.45) is 2.99. The summed E-state index contributed by atoms with van der Waals surface area (Å²) >= 11 is 0. The Bertz CT molecular complexity index is 1110. The Morgan fingerprint density at radius 2 is 1.71 bits per heavy atom. The first-order valence-electron chi connectivity index (χ1n) is 18.1. The average molecular weight is 689 g/mol. The molecule has 0 saturated carbocycles. The highest BCUT2D eigenvalue weighted by molar-refractivity contribution is 5.70. The van der Waals surface area contributed by atoms with E-state index in [0.717, 1.165) is 32.1 Å². The largest absolute Gasteiger partial charge is 0.481 e. The van der Waals surface area contributed by atoms with Crippen molar-refractivity contribution < 1.29 is 59.1 Å². The quantitative estimate of drug-likeness (QED) is 0.264. The van der Waals surface area contributed by atoms with Crippen molar-refractivity contribution in [2.24, 2.45) is 35.5 Å². The average Bonchev–Trinajstić information content (AvgIpc) is 3.73. The zero-order chi connectivity index (χ0) is 34.7. The van der Waals surface area contributed by atoms with Crippen molar-refractivity contribution >= 4 is 5.97 Å².